The third-order valence-electron chi connectivity index (χ3n) is 11.2. The van der Waals surface area contributed by atoms with Crippen LogP contribution in [0.5, 0.6) is 0 Å². The summed E-state index contributed by atoms with van der Waals surface area (Å²) in [6.45, 7) is 0. The van der Waals surface area contributed by atoms with Crippen molar-refractivity contribution in [3.63, 3.8) is 0 Å². The average Bonchev–Trinajstić information content (AvgIpc) is 3.26. The van der Waals surface area contributed by atoms with E-state index in [1.165, 1.54) is 65.3 Å². The molecule has 9 aromatic carbocycles. The Morgan fingerprint density at radius 3 is 1.00 bits per heavy atom. The first kappa shape index (κ1) is 35.3. The summed E-state index contributed by atoms with van der Waals surface area (Å²) in [6, 6.07) is 72.9. The van der Waals surface area contributed by atoms with Gasteiger partial charge in [0.1, 0.15) is 19.0 Å². The van der Waals surface area contributed by atoms with Gasteiger partial charge in [0.15, 0.2) is 0 Å². The number of fused-ring (bicyclic) bond motifs is 4. The van der Waals surface area contributed by atoms with Crippen molar-refractivity contribution in [2.45, 2.75) is 23.9 Å². The Hall–Kier alpha value is -6.43. The van der Waals surface area contributed by atoms with Gasteiger partial charge in [-0.2, -0.15) is 0 Å². The third-order valence-corrected chi connectivity index (χ3v) is 13.8. The fourth-order valence-electron chi connectivity index (χ4n) is 8.41. The Morgan fingerprint density at radius 2 is 0.643 bits per heavy atom. The lowest BCUT2D eigenvalue weighted by Gasteiger charge is -2.17. The van der Waals surface area contributed by atoms with Crippen molar-refractivity contribution >= 4 is 62.1 Å². The first-order chi connectivity index (χ1) is 27.8. The maximum Gasteiger partial charge on any atom is 0.108 e. The Kier molecular flexibility index (Phi) is 10.4. The van der Waals surface area contributed by atoms with E-state index in [1.54, 1.807) is 0 Å². The van der Waals surface area contributed by atoms with E-state index in [0.29, 0.717) is 11.8 Å². The molecule has 56 heavy (non-hydrogen) atoms. The Bertz CT molecular complexity index is 2630. The van der Waals surface area contributed by atoms with Crippen LogP contribution in [0.25, 0.3) is 43.1 Å². The van der Waals surface area contributed by atoms with E-state index >= 15 is 0 Å². The van der Waals surface area contributed by atoms with Crippen LogP contribution in [0.1, 0.15) is 45.2 Å². The maximum atomic E-state index is 3.81. The summed E-state index contributed by atoms with van der Waals surface area (Å²) in [5, 5.41) is 9.78. The van der Waals surface area contributed by atoms with Crippen LogP contribution in [0, 0.1) is 22.9 Å². The first-order valence-electron chi connectivity index (χ1n) is 19.8. The summed E-state index contributed by atoms with van der Waals surface area (Å²) in [6.07, 6.45) is 0. The zero-order chi connectivity index (χ0) is 37.5. The van der Waals surface area contributed by atoms with Crippen molar-refractivity contribution in [2.75, 3.05) is 0 Å². The van der Waals surface area contributed by atoms with Crippen LogP contribution in [0.3, 0.4) is 0 Å². The zero-order valence-electron chi connectivity index (χ0n) is 31.5. The second-order valence-corrected chi connectivity index (χ2v) is 17.5. The lowest BCUT2D eigenvalue weighted by molar-refractivity contribution is 0.916. The number of rotatable bonds is 8. The molecule has 0 saturated carbocycles. The van der Waals surface area contributed by atoms with Gasteiger partial charge in [0.2, 0.25) is 0 Å². The Labute approximate surface area is 334 Å². The molecular weight excluding hydrogens is 705 g/mol. The molecule has 0 saturated heterocycles. The summed E-state index contributed by atoms with van der Waals surface area (Å²) in [4.78, 5) is 0. The fraction of sp³-hybridized carbons (Fsp3) is 0.0741. The van der Waals surface area contributed by atoms with Gasteiger partial charge in [-0.05, 0) is 102 Å². The van der Waals surface area contributed by atoms with Gasteiger partial charge in [-0.3, -0.25) is 0 Å². The first-order valence-corrected chi connectivity index (χ1v) is 23.2. The minimum atomic E-state index is -0.731. The topological polar surface area (TPSA) is 0 Å². The van der Waals surface area contributed by atoms with Gasteiger partial charge >= 0.3 is 0 Å². The predicted octanol–water partition coefficient (Wildman–Crippen LogP) is 11.8. The van der Waals surface area contributed by atoms with Crippen molar-refractivity contribution < 1.29 is 0 Å². The highest BCUT2D eigenvalue weighted by molar-refractivity contribution is 6.47. The maximum absolute atomic E-state index is 3.81. The molecule has 0 aromatic heterocycles. The molecule has 2 heteroatoms. The second-order valence-electron chi connectivity index (χ2n) is 14.7. The third kappa shape index (κ3) is 7.46. The van der Waals surface area contributed by atoms with Crippen molar-refractivity contribution in [2.24, 2.45) is 0 Å². The second kappa shape index (κ2) is 16.5. The van der Waals surface area contributed by atoms with Gasteiger partial charge in [-0.1, -0.05) is 182 Å². The van der Waals surface area contributed by atoms with Crippen molar-refractivity contribution in [3.8, 4) is 22.9 Å². The lowest BCUT2D eigenvalue weighted by atomic mass is 9.90. The molecule has 0 aliphatic carbocycles. The van der Waals surface area contributed by atoms with Crippen molar-refractivity contribution in [1.82, 2.24) is 0 Å². The minimum Gasteiger partial charge on any atom is -0.134 e. The highest BCUT2D eigenvalue weighted by atomic mass is 28.2. The van der Waals surface area contributed by atoms with E-state index in [1.807, 2.05) is 0 Å². The fourth-order valence-corrected chi connectivity index (χ4v) is 11.2. The van der Waals surface area contributed by atoms with Crippen LogP contribution >= 0.6 is 0 Å². The monoisotopic (exact) mass is 746 g/mol. The Morgan fingerprint density at radius 1 is 0.321 bits per heavy atom. The number of benzene rings is 9. The van der Waals surface area contributed by atoms with E-state index in [4.69, 9.17) is 0 Å². The minimum absolute atomic E-state index is 0.356. The molecule has 0 nitrogen and oxygen atoms in total. The molecule has 0 amide bonds. The van der Waals surface area contributed by atoms with Gasteiger partial charge in [0.05, 0.1) is 0 Å². The molecule has 0 fully saturated rings. The molecule has 0 aliphatic heterocycles. The van der Waals surface area contributed by atoms with Crippen LogP contribution in [-0.4, -0.2) is 19.0 Å². The van der Waals surface area contributed by atoms with E-state index in [2.05, 4.69) is 217 Å². The highest BCUT2D eigenvalue weighted by Gasteiger charge is 2.16. The molecule has 0 N–H and O–H groups in total. The molecule has 0 aliphatic rings. The normalized spacial score (nSPS) is 11.6. The summed E-state index contributed by atoms with van der Waals surface area (Å²) in [5.41, 5.74) is 15.4. The smallest absolute Gasteiger partial charge is 0.108 e. The summed E-state index contributed by atoms with van der Waals surface area (Å²) >= 11 is 0. The van der Waals surface area contributed by atoms with E-state index in [9.17, 15) is 0 Å². The van der Waals surface area contributed by atoms with Gasteiger partial charge < -0.3 is 0 Å². The van der Waals surface area contributed by atoms with E-state index in [-0.39, 0.29) is 0 Å². The van der Waals surface area contributed by atoms with E-state index in [0.717, 1.165) is 23.2 Å². The summed E-state index contributed by atoms with van der Waals surface area (Å²) in [7, 11) is -1.46. The molecule has 9 aromatic rings. The summed E-state index contributed by atoms with van der Waals surface area (Å²) in [5.74, 6) is 8.33. The molecule has 266 valence electrons. The SMILES string of the molecule is C(#Cc1c2ccccc2c(C#C[SiH2]CC(c2ccccc2)c2ccccc2)c2cc3cc4ccccc4cc3cc12)[SiH2]CC(c1ccccc1)c1ccccc1. The van der Waals surface area contributed by atoms with Crippen LogP contribution in [0.15, 0.2) is 194 Å². The van der Waals surface area contributed by atoms with Gasteiger partial charge in [0.25, 0.3) is 0 Å². The number of hydrogen-bond donors (Lipinski definition) is 0. The van der Waals surface area contributed by atoms with Gasteiger partial charge in [0, 0.05) is 23.0 Å². The van der Waals surface area contributed by atoms with Crippen LogP contribution in [0.2, 0.25) is 12.1 Å². The average molecular weight is 747 g/mol. The molecule has 0 heterocycles. The lowest BCUT2D eigenvalue weighted by Crippen LogP contribution is -2.04. The zero-order valence-corrected chi connectivity index (χ0v) is 34.3. The van der Waals surface area contributed by atoms with E-state index < -0.39 is 19.0 Å². The largest absolute Gasteiger partial charge is 0.134 e. The summed E-state index contributed by atoms with van der Waals surface area (Å²) < 4.78 is 0. The van der Waals surface area contributed by atoms with Gasteiger partial charge in [-0.15, -0.1) is 11.1 Å². The molecule has 0 bridgehead atoms. The van der Waals surface area contributed by atoms with Crippen LogP contribution < -0.4 is 0 Å². The predicted molar refractivity (Wildman–Crippen MR) is 246 cm³/mol. The standard InChI is InChI=1S/C54H42Si2/c1-5-17-39(18-6-1)53(40-19-7-2-8-20-40)37-55-31-29-49-47-27-15-16-28-48(47)50(52-36-46-34-44-26-14-13-25-43(44)33-45(46)35-51(49)52)30-32-56-38-54(41-21-9-3-10-22-41)42-23-11-4-12-24-42/h1-28,33-36,53-54H,37-38,55-56H2. The molecule has 9 rings (SSSR count). The van der Waals surface area contributed by atoms with Gasteiger partial charge in [-0.25, -0.2) is 0 Å². The molecular formula is C54H42Si2. The highest BCUT2D eigenvalue weighted by Crippen LogP contribution is 2.37. The van der Waals surface area contributed by atoms with Crippen molar-refractivity contribution in [3.05, 3.63) is 228 Å². The number of hydrogen-bond acceptors (Lipinski definition) is 0. The quantitative estimate of drug-likeness (QED) is 0.0825. The molecule has 0 radical (unpaired) electrons. The Balaban J connectivity index is 1.13. The van der Waals surface area contributed by atoms with Crippen molar-refractivity contribution in [1.29, 1.82) is 0 Å². The molecule has 0 unspecified atom stereocenters. The molecule has 0 atom stereocenters. The van der Waals surface area contributed by atoms with Crippen LogP contribution in [0.4, 0.5) is 0 Å². The van der Waals surface area contributed by atoms with Crippen LogP contribution in [-0.2, 0) is 0 Å². The molecule has 0 spiro atoms.